The highest BCUT2D eigenvalue weighted by Gasteiger charge is 2.33. The van der Waals surface area contributed by atoms with Gasteiger partial charge in [0, 0.05) is 11.6 Å². The molecule has 0 saturated carbocycles. The maximum atomic E-state index is 12.8. The van der Waals surface area contributed by atoms with E-state index in [2.05, 4.69) is 19.9 Å². The first-order chi connectivity index (χ1) is 19.4. The molecule has 3 aromatic rings. The molecule has 0 bridgehead atoms. The van der Waals surface area contributed by atoms with E-state index in [4.69, 9.17) is 34.2 Å². The lowest BCUT2D eigenvalue weighted by Gasteiger charge is -2.27. The molecule has 9 nitrogen and oxygen atoms in total. The van der Waals surface area contributed by atoms with Crippen LogP contribution in [0.2, 0.25) is 0 Å². The van der Waals surface area contributed by atoms with Gasteiger partial charge >= 0.3 is 5.97 Å². The highest BCUT2D eigenvalue weighted by Crippen LogP contribution is 2.45. The monoisotopic (exact) mass is 542 g/mol. The quantitative estimate of drug-likeness (QED) is 0.306. The summed E-state index contributed by atoms with van der Waals surface area (Å²) in [5.41, 5.74) is 7.90. The van der Waals surface area contributed by atoms with Gasteiger partial charge in [-0.05, 0) is 48.2 Å². The zero-order valence-corrected chi connectivity index (χ0v) is 22.5. The second-order valence-electron chi connectivity index (χ2n) is 9.85. The van der Waals surface area contributed by atoms with Crippen LogP contribution in [0.25, 0.3) is 0 Å². The van der Waals surface area contributed by atoms with E-state index in [0.29, 0.717) is 46.8 Å². The lowest BCUT2D eigenvalue weighted by molar-refractivity contribution is -0.144. The predicted molar refractivity (Wildman–Crippen MR) is 146 cm³/mol. The molecule has 2 unspecified atom stereocenters. The van der Waals surface area contributed by atoms with Crippen molar-refractivity contribution < 1.29 is 33.2 Å². The number of esters is 1. The zero-order chi connectivity index (χ0) is 28.2. The Bertz CT molecular complexity index is 1490. The first-order valence-electron chi connectivity index (χ1n) is 13.0. The van der Waals surface area contributed by atoms with E-state index in [1.54, 1.807) is 43.5 Å². The topological polar surface area (TPSA) is 122 Å². The maximum absolute atomic E-state index is 12.8. The molecule has 0 aromatic heterocycles. The number of ether oxygens (including phenoxy) is 6. The average molecular weight is 543 g/mol. The normalized spacial score (nSPS) is 17.4. The Balaban J connectivity index is 1.38. The molecule has 5 rings (SSSR count). The van der Waals surface area contributed by atoms with Gasteiger partial charge in [-0.1, -0.05) is 38.1 Å². The van der Waals surface area contributed by atoms with Gasteiger partial charge < -0.3 is 34.2 Å². The van der Waals surface area contributed by atoms with E-state index in [0.717, 1.165) is 12.0 Å². The summed E-state index contributed by atoms with van der Waals surface area (Å²) in [5.74, 6) is 2.17. The molecular weight excluding hydrogens is 512 g/mol. The number of hydrogen-bond donors (Lipinski definition) is 1. The number of hydrogen-bond acceptors (Lipinski definition) is 9. The minimum atomic E-state index is -0.927. The third-order valence-electron chi connectivity index (χ3n) is 6.65. The van der Waals surface area contributed by atoms with Gasteiger partial charge in [-0.25, -0.2) is 4.79 Å². The number of carbonyl (C=O) groups excluding carboxylic acids is 1. The van der Waals surface area contributed by atoms with Crippen molar-refractivity contribution in [2.75, 3.05) is 20.3 Å². The fourth-order valence-corrected chi connectivity index (χ4v) is 4.55. The van der Waals surface area contributed by atoms with E-state index < -0.39 is 18.0 Å². The van der Waals surface area contributed by atoms with Crippen LogP contribution < -0.4 is 34.2 Å². The standard InChI is InChI=1S/C31H30N2O7/c1-18(2)12-13-36-24-11-8-19(14-27(24)35-3)29-21-10-9-20(15-26(21)40-30(33)22(29)16-32)38-31(34)28-17-37-23-6-4-5-7-25(23)39-28/h4-11,14-15,18,28-29H,12-13,17,33H2,1-3H3. The molecule has 3 aromatic carbocycles. The van der Waals surface area contributed by atoms with Crippen LogP contribution in [0.15, 0.2) is 72.1 Å². The molecular formula is C31H30N2O7. The third-order valence-corrected chi connectivity index (χ3v) is 6.65. The smallest absolute Gasteiger partial charge is 0.356 e. The van der Waals surface area contributed by atoms with Gasteiger partial charge in [-0.15, -0.1) is 0 Å². The maximum Gasteiger partial charge on any atom is 0.356 e. The number of carbonyl (C=O) groups is 1. The highest BCUT2D eigenvalue weighted by atomic mass is 16.6. The summed E-state index contributed by atoms with van der Waals surface area (Å²) in [6.07, 6.45) is -0.0144. The number of allylic oxidation sites excluding steroid dienone is 1. The van der Waals surface area contributed by atoms with Gasteiger partial charge in [0.15, 0.2) is 23.0 Å². The van der Waals surface area contributed by atoms with Crippen molar-refractivity contribution in [2.45, 2.75) is 32.3 Å². The Morgan fingerprint density at radius 2 is 1.88 bits per heavy atom. The summed E-state index contributed by atoms with van der Waals surface area (Å²) in [6.45, 7) is 4.86. The number of nitrogens with zero attached hydrogens (tertiary/aromatic N) is 1. The van der Waals surface area contributed by atoms with Crippen molar-refractivity contribution in [3.63, 3.8) is 0 Å². The van der Waals surface area contributed by atoms with Gasteiger partial charge in [0.2, 0.25) is 12.0 Å². The van der Waals surface area contributed by atoms with Crippen molar-refractivity contribution >= 4 is 5.97 Å². The Morgan fingerprint density at radius 3 is 2.62 bits per heavy atom. The van der Waals surface area contributed by atoms with Crippen LogP contribution in [0.5, 0.6) is 34.5 Å². The molecule has 40 heavy (non-hydrogen) atoms. The van der Waals surface area contributed by atoms with Crippen LogP contribution in [-0.2, 0) is 4.79 Å². The second kappa shape index (κ2) is 11.5. The van der Waals surface area contributed by atoms with Crippen molar-refractivity contribution in [1.82, 2.24) is 0 Å². The summed E-state index contributed by atoms with van der Waals surface area (Å²) >= 11 is 0. The lowest BCUT2D eigenvalue weighted by Crippen LogP contribution is -2.39. The van der Waals surface area contributed by atoms with Gasteiger partial charge in [0.25, 0.3) is 0 Å². The fourth-order valence-electron chi connectivity index (χ4n) is 4.55. The number of nitrogens with two attached hydrogens (primary N) is 1. The summed E-state index contributed by atoms with van der Waals surface area (Å²) in [6, 6.07) is 19.8. The summed E-state index contributed by atoms with van der Waals surface area (Å²) in [5, 5.41) is 9.94. The van der Waals surface area contributed by atoms with Crippen LogP contribution in [0, 0.1) is 17.2 Å². The first kappa shape index (κ1) is 26.8. The molecule has 0 spiro atoms. The third kappa shape index (κ3) is 5.47. The van der Waals surface area contributed by atoms with E-state index in [1.165, 1.54) is 0 Å². The highest BCUT2D eigenvalue weighted by molar-refractivity contribution is 5.78. The molecule has 0 amide bonds. The Morgan fingerprint density at radius 1 is 1.07 bits per heavy atom. The lowest BCUT2D eigenvalue weighted by atomic mass is 9.83. The van der Waals surface area contributed by atoms with Crippen molar-refractivity contribution in [3.05, 3.63) is 83.2 Å². The van der Waals surface area contributed by atoms with E-state index in [9.17, 15) is 10.1 Å². The Labute approximate surface area is 232 Å². The average Bonchev–Trinajstić information content (AvgIpc) is 2.96. The molecule has 2 heterocycles. The van der Waals surface area contributed by atoms with Gasteiger partial charge in [0.1, 0.15) is 29.7 Å². The molecule has 0 radical (unpaired) electrons. The van der Waals surface area contributed by atoms with E-state index >= 15 is 0 Å². The number of benzene rings is 3. The Hall–Kier alpha value is -4.84. The molecule has 2 aliphatic heterocycles. The molecule has 2 N–H and O–H groups in total. The predicted octanol–water partition coefficient (Wildman–Crippen LogP) is 5.08. The molecule has 9 heteroatoms. The number of nitriles is 1. The SMILES string of the molecule is COc1cc(C2C(C#N)=C(N)Oc3cc(OC(=O)C4COc5ccccc5O4)ccc32)ccc1OCCC(C)C. The number of fused-ring (bicyclic) bond motifs is 2. The molecule has 2 atom stereocenters. The first-order valence-corrected chi connectivity index (χ1v) is 13.0. The largest absolute Gasteiger partial charge is 0.493 e. The summed E-state index contributed by atoms with van der Waals surface area (Å²) in [4.78, 5) is 12.8. The van der Waals surface area contributed by atoms with E-state index in [1.807, 2.05) is 24.3 Å². The van der Waals surface area contributed by atoms with Crippen LogP contribution in [0.3, 0.4) is 0 Å². The second-order valence-corrected chi connectivity index (χ2v) is 9.85. The Kier molecular flexibility index (Phi) is 7.69. The number of methoxy groups -OCH3 is 1. The van der Waals surface area contributed by atoms with Crippen LogP contribution in [0.1, 0.15) is 37.3 Å². The van der Waals surface area contributed by atoms with Crippen molar-refractivity contribution in [3.8, 4) is 40.6 Å². The summed E-state index contributed by atoms with van der Waals surface area (Å²) < 4.78 is 34.3. The zero-order valence-electron chi connectivity index (χ0n) is 22.5. The molecule has 206 valence electrons. The van der Waals surface area contributed by atoms with E-state index in [-0.39, 0.29) is 23.8 Å². The van der Waals surface area contributed by atoms with Gasteiger partial charge in [-0.2, -0.15) is 5.26 Å². The van der Waals surface area contributed by atoms with Crippen LogP contribution in [-0.4, -0.2) is 32.4 Å². The number of para-hydroxylation sites is 2. The van der Waals surface area contributed by atoms with Crippen LogP contribution >= 0.6 is 0 Å². The van der Waals surface area contributed by atoms with Crippen molar-refractivity contribution in [1.29, 1.82) is 5.26 Å². The number of rotatable bonds is 8. The van der Waals surface area contributed by atoms with Crippen molar-refractivity contribution in [2.24, 2.45) is 11.7 Å². The molecule has 0 aliphatic carbocycles. The summed E-state index contributed by atoms with van der Waals surface area (Å²) in [7, 11) is 1.57. The fraction of sp³-hybridized carbons (Fsp3) is 0.290. The molecule has 0 saturated heterocycles. The van der Waals surface area contributed by atoms with Crippen LogP contribution in [0.4, 0.5) is 0 Å². The minimum Gasteiger partial charge on any atom is -0.493 e. The van der Waals surface area contributed by atoms with Gasteiger partial charge in [-0.3, -0.25) is 0 Å². The molecule has 2 aliphatic rings. The minimum absolute atomic E-state index is 0.0274. The van der Waals surface area contributed by atoms with Gasteiger partial charge in [0.05, 0.1) is 19.6 Å². The molecule has 0 fully saturated rings.